The van der Waals surface area contributed by atoms with Crippen LogP contribution < -0.4 is 4.90 Å². The Labute approximate surface area is 170 Å². The van der Waals surface area contributed by atoms with Gasteiger partial charge in [-0.2, -0.15) is 0 Å². The minimum Gasteiger partial charge on any atom is -0.768 e. The first-order chi connectivity index (χ1) is 13.4. The van der Waals surface area contributed by atoms with Gasteiger partial charge in [0.15, 0.2) is 5.13 Å². The second-order valence-corrected chi connectivity index (χ2v) is 8.93. The molecular weight excluding hydrogens is 392 g/mol. The quantitative estimate of drug-likeness (QED) is 0.652. The number of anilines is 1. The van der Waals surface area contributed by atoms with Crippen molar-refractivity contribution in [2.45, 2.75) is 30.4 Å². The number of benzene rings is 2. The van der Waals surface area contributed by atoms with Gasteiger partial charge in [0, 0.05) is 22.7 Å². The van der Waals surface area contributed by atoms with Crippen molar-refractivity contribution in [3.63, 3.8) is 0 Å². The van der Waals surface area contributed by atoms with Crippen LogP contribution in [0.5, 0.6) is 0 Å². The molecule has 2 atom stereocenters. The predicted octanol–water partition coefficient (Wildman–Crippen LogP) is 4.19. The zero-order chi connectivity index (χ0) is 19.9. The number of fused-ring (bicyclic) bond motifs is 1. The molecule has 0 bridgehead atoms. The lowest BCUT2D eigenvalue weighted by atomic mass is 9.84. The second-order valence-electron chi connectivity index (χ2n) is 7.11. The molecule has 1 aliphatic rings. The molecule has 0 radical (unpaired) electrons. The molecule has 4 rings (SSSR count). The lowest BCUT2D eigenvalue weighted by Gasteiger charge is -2.36. The number of hydrogen-bond acceptors (Lipinski definition) is 6. The Hall–Kier alpha value is -2.32. The first-order valence-electron chi connectivity index (χ1n) is 8.77. The highest BCUT2D eigenvalue weighted by Crippen LogP contribution is 2.42. The van der Waals surface area contributed by atoms with Crippen molar-refractivity contribution < 1.29 is 13.9 Å². The Morgan fingerprint density at radius 2 is 2.00 bits per heavy atom. The molecule has 3 aromatic rings. The number of thiazole rings is 1. The summed E-state index contributed by atoms with van der Waals surface area (Å²) in [4.78, 5) is 6.77. The fourth-order valence-corrected chi connectivity index (χ4v) is 4.63. The molecule has 0 spiro atoms. The van der Waals surface area contributed by atoms with Crippen LogP contribution in [0.2, 0.25) is 0 Å². The third-order valence-electron chi connectivity index (χ3n) is 4.79. The zero-order valence-corrected chi connectivity index (χ0v) is 17.0. The van der Waals surface area contributed by atoms with E-state index in [1.54, 1.807) is 32.2 Å². The van der Waals surface area contributed by atoms with Crippen LogP contribution in [0, 0.1) is 0 Å². The van der Waals surface area contributed by atoms with Crippen LogP contribution in [0.25, 0.3) is 6.08 Å². The molecule has 0 fully saturated rings. The van der Waals surface area contributed by atoms with Gasteiger partial charge in [-0.15, -0.1) is 11.3 Å². The van der Waals surface area contributed by atoms with Crippen molar-refractivity contribution in [3.8, 4) is 0 Å². The predicted molar refractivity (Wildman–Crippen MR) is 111 cm³/mol. The van der Waals surface area contributed by atoms with E-state index in [-0.39, 0.29) is 10.9 Å². The molecule has 2 heterocycles. The average molecular weight is 412 g/mol. The summed E-state index contributed by atoms with van der Waals surface area (Å²) in [5, 5.41) is 13.5. The van der Waals surface area contributed by atoms with E-state index in [2.05, 4.69) is 9.88 Å². The van der Waals surface area contributed by atoms with Gasteiger partial charge in [-0.25, -0.2) is 4.98 Å². The summed E-state index contributed by atoms with van der Waals surface area (Å²) in [5.41, 5.74) is 2.54. The number of rotatable bonds is 4. The van der Waals surface area contributed by atoms with Crippen LogP contribution in [0.15, 0.2) is 65.1 Å². The van der Waals surface area contributed by atoms with Crippen LogP contribution in [-0.4, -0.2) is 18.9 Å². The molecule has 1 aliphatic heterocycles. The van der Waals surface area contributed by atoms with E-state index in [0.29, 0.717) is 0 Å². The summed E-state index contributed by atoms with van der Waals surface area (Å²) in [6.07, 6.45) is 5.58. The Morgan fingerprint density at radius 1 is 1.21 bits per heavy atom. The molecule has 2 aromatic carbocycles. The Bertz CT molecular complexity index is 1060. The molecule has 0 aliphatic carbocycles. The summed E-state index contributed by atoms with van der Waals surface area (Å²) < 4.78 is 22.8. The van der Waals surface area contributed by atoms with Crippen molar-refractivity contribution in [1.82, 2.24) is 4.98 Å². The molecule has 5 nitrogen and oxygen atoms in total. The van der Waals surface area contributed by atoms with Gasteiger partial charge in [0.1, 0.15) is 0 Å². The van der Waals surface area contributed by atoms with Crippen molar-refractivity contribution >= 4 is 33.6 Å². The van der Waals surface area contributed by atoms with Gasteiger partial charge in [0.05, 0.1) is 11.6 Å². The lowest BCUT2D eigenvalue weighted by Crippen LogP contribution is -2.30. The fourth-order valence-electron chi connectivity index (χ4n) is 3.57. The number of nitrogens with zero attached hydrogens (tertiary/aromatic N) is 2. The van der Waals surface area contributed by atoms with Crippen molar-refractivity contribution in [2.24, 2.45) is 0 Å². The largest absolute Gasteiger partial charge is 0.768 e. The van der Waals surface area contributed by atoms with E-state index >= 15 is 0 Å². The third-order valence-corrected chi connectivity index (χ3v) is 6.22. The van der Waals surface area contributed by atoms with Crippen LogP contribution in [0.3, 0.4) is 0 Å². The topological polar surface area (TPSA) is 76.5 Å². The molecule has 1 aromatic heterocycles. The van der Waals surface area contributed by atoms with E-state index in [1.165, 1.54) is 11.3 Å². The van der Waals surface area contributed by atoms with E-state index in [4.69, 9.17) is 0 Å². The van der Waals surface area contributed by atoms with Gasteiger partial charge >= 0.3 is 0 Å². The summed E-state index contributed by atoms with van der Waals surface area (Å²) in [7, 11) is 0. The maximum atomic E-state index is 11.4. The van der Waals surface area contributed by atoms with Crippen LogP contribution in [0.1, 0.15) is 42.1 Å². The third kappa shape index (κ3) is 3.42. The van der Waals surface area contributed by atoms with Crippen LogP contribution >= 0.6 is 11.3 Å². The maximum absolute atomic E-state index is 11.4. The summed E-state index contributed by atoms with van der Waals surface area (Å²) in [6.45, 7) is 3.53. The fraction of sp³-hybridized carbons (Fsp3) is 0.190. The number of aliphatic hydroxyl groups is 1. The van der Waals surface area contributed by atoms with Crippen molar-refractivity contribution in [3.05, 3.63) is 82.5 Å². The zero-order valence-electron chi connectivity index (χ0n) is 15.4. The van der Waals surface area contributed by atoms with Gasteiger partial charge in [0.25, 0.3) is 0 Å². The Morgan fingerprint density at radius 3 is 2.68 bits per heavy atom. The first-order valence-corrected chi connectivity index (χ1v) is 10.7. The van der Waals surface area contributed by atoms with Gasteiger partial charge in [-0.05, 0) is 65.4 Å². The standard InChI is InChI=1S/C21H20N2O3S2/c1-21(2,24)18-6-4-3-5-17(18)19-16-8-7-15(28(25)26)13-14(16)9-11-23(19)20-22-10-12-27-20/h3-13,19,24H,1-2H3,(H,25,26)/p-1. The molecule has 28 heavy (non-hydrogen) atoms. The maximum Gasteiger partial charge on any atom is 0.190 e. The van der Waals surface area contributed by atoms with Gasteiger partial charge < -0.3 is 14.6 Å². The summed E-state index contributed by atoms with van der Waals surface area (Å²) in [6, 6.07) is 12.7. The Kier molecular flexibility index (Phi) is 4.93. The van der Waals surface area contributed by atoms with Crippen molar-refractivity contribution in [1.29, 1.82) is 0 Å². The molecule has 0 saturated carbocycles. The number of aromatic nitrogens is 1. The summed E-state index contributed by atoms with van der Waals surface area (Å²) in [5.74, 6) is 0. The minimum atomic E-state index is -2.29. The highest BCUT2D eigenvalue weighted by molar-refractivity contribution is 7.79. The Balaban J connectivity index is 1.94. The van der Waals surface area contributed by atoms with E-state index in [0.717, 1.165) is 27.4 Å². The smallest absolute Gasteiger partial charge is 0.190 e. The second kappa shape index (κ2) is 7.25. The SMILES string of the molecule is CC(C)(O)c1ccccc1C1c2ccc(S(=O)[O-])cc2C=CN1c1nccs1. The molecule has 144 valence electrons. The van der Waals surface area contributed by atoms with Gasteiger partial charge in [-0.1, -0.05) is 30.3 Å². The lowest BCUT2D eigenvalue weighted by molar-refractivity contribution is 0.0774. The van der Waals surface area contributed by atoms with Gasteiger partial charge in [-0.3, -0.25) is 4.21 Å². The van der Waals surface area contributed by atoms with E-state index < -0.39 is 16.7 Å². The van der Waals surface area contributed by atoms with E-state index in [9.17, 15) is 13.9 Å². The molecule has 2 unspecified atom stereocenters. The minimum absolute atomic E-state index is 0.233. The van der Waals surface area contributed by atoms with Gasteiger partial charge in [0.2, 0.25) is 0 Å². The molecule has 0 amide bonds. The molecule has 0 saturated heterocycles. The summed E-state index contributed by atoms with van der Waals surface area (Å²) >= 11 is -0.761. The normalized spacial score (nSPS) is 17.4. The average Bonchev–Trinajstić information content (AvgIpc) is 3.20. The molecular formula is C21H19N2O3S2-. The van der Waals surface area contributed by atoms with Crippen molar-refractivity contribution in [2.75, 3.05) is 4.90 Å². The van der Waals surface area contributed by atoms with Crippen LogP contribution in [0.4, 0.5) is 5.13 Å². The highest BCUT2D eigenvalue weighted by atomic mass is 32.2. The monoisotopic (exact) mass is 411 g/mol. The highest BCUT2D eigenvalue weighted by Gasteiger charge is 2.32. The van der Waals surface area contributed by atoms with E-state index in [1.807, 2.05) is 48.0 Å². The molecule has 1 N–H and O–H groups in total. The number of hydrogen-bond donors (Lipinski definition) is 1. The van der Waals surface area contributed by atoms with Crippen LogP contribution in [-0.2, 0) is 16.7 Å². The first kappa shape index (κ1) is 19.0. The molecule has 7 heteroatoms.